The van der Waals surface area contributed by atoms with E-state index in [-0.39, 0.29) is 5.91 Å². The summed E-state index contributed by atoms with van der Waals surface area (Å²) in [6.45, 7) is 7.40. The van der Waals surface area contributed by atoms with Crippen molar-refractivity contribution in [3.8, 4) is 0 Å². The predicted octanol–water partition coefficient (Wildman–Crippen LogP) is 1.05. The number of aryl methyl sites for hydroxylation is 1. The summed E-state index contributed by atoms with van der Waals surface area (Å²) in [6, 6.07) is 0. The van der Waals surface area contributed by atoms with Crippen molar-refractivity contribution in [1.82, 2.24) is 20.0 Å². The zero-order chi connectivity index (χ0) is 14.7. The van der Waals surface area contributed by atoms with E-state index in [2.05, 4.69) is 15.1 Å². The fourth-order valence-electron chi connectivity index (χ4n) is 3.17. The molecule has 0 bridgehead atoms. The maximum absolute atomic E-state index is 12.5. The van der Waals surface area contributed by atoms with Gasteiger partial charge in [0.05, 0.1) is 17.9 Å². The largest absolute Gasteiger partial charge is 0.377 e. The van der Waals surface area contributed by atoms with Gasteiger partial charge in [-0.2, -0.15) is 5.10 Å². The molecule has 1 aromatic heterocycles. The van der Waals surface area contributed by atoms with Crippen LogP contribution in [0.1, 0.15) is 35.3 Å². The van der Waals surface area contributed by atoms with Crippen LogP contribution in [0.5, 0.6) is 0 Å². The number of ether oxygens (including phenoxy) is 1. The highest BCUT2D eigenvalue weighted by Crippen LogP contribution is 2.15. The minimum Gasteiger partial charge on any atom is -0.377 e. The van der Waals surface area contributed by atoms with Crippen molar-refractivity contribution >= 4 is 5.91 Å². The summed E-state index contributed by atoms with van der Waals surface area (Å²) >= 11 is 0. The lowest BCUT2D eigenvalue weighted by atomic mass is 10.2. The number of hydrogen-bond donors (Lipinski definition) is 1. The Hall–Kier alpha value is -1.40. The number of rotatable bonds is 3. The third-order valence-corrected chi connectivity index (χ3v) is 4.42. The van der Waals surface area contributed by atoms with Gasteiger partial charge in [-0.15, -0.1) is 0 Å². The number of aromatic amines is 1. The molecule has 0 aliphatic carbocycles. The molecule has 0 saturated carbocycles. The van der Waals surface area contributed by atoms with Crippen molar-refractivity contribution in [2.24, 2.45) is 0 Å². The fraction of sp³-hybridized carbons (Fsp3) is 0.733. The molecule has 2 aliphatic heterocycles. The standard InChI is InChI=1S/C15H24N4O2/c1-12-14(10-16-17-12)15(20)19-6-3-5-18(7-8-19)11-13-4-2-9-21-13/h10,13H,2-9,11H2,1H3,(H,16,17). The van der Waals surface area contributed by atoms with Gasteiger partial charge in [0.1, 0.15) is 0 Å². The maximum atomic E-state index is 12.5. The summed E-state index contributed by atoms with van der Waals surface area (Å²) < 4.78 is 5.71. The third-order valence-electron chi connectivity index (χ3n) is 4.42. The van der Waals surface area contributed by atoms with Gasteiger partial charge in [-0.25, -0.2) is 0 Å². The van der Waals surface area contributed by atoms with Crippen LogP contribution in [0.25, 0.3) is 0 Å². The highest BCUT2D eigenvalue weighted by molar-refractivity contribution is 5.95. The van der Waals surface area contributed by atoms with Crippen LogP contribution in [-0.2, 0) is 4.74 Å². The van der Waals surface area contributed by atoms with Crippen molar-refractivity contribution in [2.45, 2.75) is 32.3 Å². The van der Waals surface area contributed by atoms with E-state index in [4.69, 9.17) is 4.74 Å². The number of hydrogen-bond acceptors (Lipinski definition) is 4. The second-order valence-electron chi connectivity index (χ2n) is 5.99. The number of H-pyrrole nitrogens is 1. The molecule has 0 spiro atoms. The van der Waals surface area contributed by atoms with Gasteiger partial charge in [0, 0.05) is 38.5 Å². The van der Waals surface area contributed by atoms with Gasteiger partial charge in [0.15, 0.2) is 0 Å². The molecule has 1 aromatic rings. The first-order valence-corrected chi connectivity index (χ1v) is 7.87. The number of aromatic nitrogens is 2. The topological polar surface area (TPSA) is 61.5 Å². The fourth-order valence-corrected chi connectivity index (χ4v) is 3.17. The SMILES string of the molecule is Cc1[nH]ncc1C(=O)N1CCCN(CC2CCCO2)CC1. The van der Waals surface area contributed by atoms with Crippen LogP contribution < -0.4 is 0 Å². The Morgan fingerprint density at radius 3 is 3.00 bits per heavy atom. The molecule has 2 saturated heterocycles. The summed E-state index contributed by atoms with van der Waals surface area (Å²) in [7, 11) is 0. The first-order valence-electron chi connectivity index (χ1n) is 7.87. The lowest BCUT2D eigenvalue weighted by molar-refractivity contribution is 0.0704. The molecule has 116 valence electrons. The smallest absolute Gasteiger partial charge is 0.257 e. The molecule has 2 fully saturated rings. The Morgan fingerprint density at radius 2 is 2.29 bits per heavy atom. The van der Waals surface area contributed by atoms with E-state index in [1.165, 1.54) is 12.8 Å². The van der Waals surface area contributed by atoms with Crippen molar-refractivity contribution in [2.75, 3.05) is 39.3 Å². The summed E-state index contributed by atoms with van der Waals surface area (Å²) in [4.78, 5) is 16.9. The minimum absolute atomic E-state index is 0.0974. The van der Waals surface area contributed by atoms with E-state index < -0.39 is 0 Å². The van der Waals surface area contributed by atoms with Crippen LogP contribution in [0, 0.1) is 6.92 Å². The molecule has 3 rings (SSSR count). The van der Waals surface area contributed by atoms with Crippen LogP contribution >= 0.6 is 0 Å². The number of carbonyl (C=O) groups excluding carboxylic acids is 1. The zero-order valence-corrected chi connectivity index (χ0v) is 12.7. The molecular formula is C15H24N4O2. The Balaban J connectivity index is 1.55. The van der Waals surface area contributed by atoms with Gasteiger partial charge >= 0.3 is 0 Å². The van der Waals surface area contributed by atoms with E-state index in [9.17, 15) is 4.79 Å². The van der Waals surface area contributed by atoms with Crippen LogP contribution in [0.2, 0.25) is 0 Å². The average molecular weight is 292 g/mol. The van der Waals surface area contributed by atoms with Crippen molar-refractivity contribution in [1.29, 1.82) is 0 Å². The minimum atomic E-state index is 0.0974. The molecule has 0 radical (unpaired) electrons. The summed E-state index contributed by atoms with van der Waals surface area (Å²) in [5, 5.41) is 6.78. The van der Waals surface area contributed by atoms with Crippen molar-refractivity contribution in [3.63, 3.8) is 0 Å². The van der Waals surface area contributed by atoms with Gasteiger partial charge in [-0.1, -0.05) is 0 Å². The summed E-state index contributed by atoms with van der Waals surface area (Å²) in [5.41, 5.74) is 1.54. The molecule has 6 heteroatoms. The van der Waals surface area contributed by atoms with Gasteiger partial charge in [-0.05, 0) is 32.7 Å². The molecule has 21 heavy (non-hydrogen) atoms. The van der Waals surface area contributed by atoms with Gasteiger partial charge in [0.2, 0.25) is 0 Å². The van der Waals surface area contributed by atoms with E-state index in [1.807, 2.05) is 11.8 Å². The lowest BCUT2D eigenvalue weighted by Gasteiger charge is -2.24. The summed E-state index contributed by atoms with van der Waals surface area (Å²) in [5.74, 6) is 0.0974. The van der Waals surface area contributed by atoms with E-state index in [0.717, 1.165) is 51.4 Å². The van der Waals surface area contributed by atoms with Gasteiger partial charge in [0.25, 0.3) is 5.91 Å². The molecule has 6 nitrogen and oxygen atoms in total. The van der Waals surface area contributed by atoms with Crippen LogP contribution in [-0.4, -0.2) is 71.3 Å². The molecule has 3 heterocycles. The Morgan fingerprint density at radius 1 is 1.38 bits per heavy atom. The molecule has 2 aliphatic rings. The Labute approximate surface area is 125 Å². The molecule has 1 unspecified atom stereocenters. The molecular weight excluding hydrogens is 268 g/mol. The first-order chi connectivity index (χ1) is 10.2. The second kappa shape index (κ2) is 6.58. The predicted molar refractivity (Wildman–Crippen MR) is 79.3 cm³/mol. The van der Waals surface area contributed by atoms with Crippen LogP contribution in [0.15, 0.2) is 6.20 Å². The summed E-state index contributed by atoms with van der Waals surface area (Å²) in [6.07, 6.45) is 5.40. The Bertz CT molecular complexity index is 482. The number of amides is 1. The lowest BCUT2D eigenvalue weighted by Crippen LogP contribution is -2.37. The van der Waals surface area contributed by atoms with Crippen LogP contribution in [0.4, 0.5) is 0 Å². The quantitative estimate of drug-likeness (QED) is 0.904. The molecule has 1 N–H and O–H groups in total. The normalized spacial score (nSPS) is 24.2. The second-order valence-corrected chi connectivity index (χ2v) is 5.99. The van der Waals surface area contributed by atoms with Gasteiger partial charge in [-0.3, -0.25) is 14.8 Å². The van der Waals surface area contributed by atoms with Crippen molar-refractivity contribution < 1.29 is 9.53 Å². The molecule has 1 atom stereocenters. The maximum Gasteiger partial charge on any atom is 0.257 e. The van der Waals surface area contributed by atoms with E-state index >= 15 is 0 Å². The van der Waals surface area contributed by atoms with Gasteiger partial charge < -0.3 is 9.64 Å². The highest BCUT2D eigenvalue weighted by Gasteiger charge is 2.24. The molecule has 0 aromatic carbocycles. The zero-order valence-electron chi connectivity index (χ0n) is 12.7. The van der Waals surface area contributed by atoms with Crippen molar-refractivity contribution in [3.05, 3.63) is 17.5 Å². The Kier molecular flexibility index (Phi) is 4.55. The van der Waals surface area contributed by atoms with E-state index in [1.54, 1.807) is 6.20 Å². The third kappa shape index (κ3) is 3.44. The van der Waals surface area contributed by atoms with Crippen LogP contribution in [0.3, 0.4) is 0 Å². The number of nitrogens with zero attached hydrogens (tertiary/aromatic N) is 3. The van der Waals surface area contributed by atoms with E-state index in [0.29, 0.717) is 11.7 Å². The highest BCUT2D eigenvalue weighted by atomic mass is 16.5. The number of carbonyl (C=O) groups is 1. The number of nitrogens with one attached hydrogen (secondary N) is 1. The first kappa shape index (κ1) is 14.5. The molecule has 1 amide bonds. The monoisotopic (exact) mass is 292 g/mol. The average Bonchev–Trinajstić information content (AvgIpc) is 3.07.